The third-order valence-corrected chi connectivity index (χ3v) is 8.34. The number of nitrogens with zero attached hydrogens (tertiary/aromatic N) is 2. The topological polar surface area (TPSA) is 86.8 Å². The van der Waals surface area contributed by atoms with Crippen molar-refractivity contribution in [3.05, 3.63) is 101 Å². The fourth-order valence-electron chi connectivity index (χ4n) is 4.79. The summed E-state index contributed by atoms with van der Waals surface area (Å²) in [5, 5.41) is 3.08. The van der Waals surface area contributed by atoms with Gasteiger partial charge in [-0.05, 0) is 62.4 Å². The third kappa shape index (κ3) is 9.74. The molecule has 0 spiro atoms. The minimum absolute atomic E-state index is 0.0330. The van der Waals surface area contributed by atoms with Crippen LogP contribution in [0.15, 0.2) is 78.9 Å². The molecule has 0 radical (unpaired) electrons. The average Bonchev–Trinajstić information content (AvgIpc) is 2.92. The van der Waals surface area contributed by atoms with Crippen LogP contribution < -0.4 is 9.62 Å². The number of rotatable bonds is 14. The standard InChI is InChI=1S/C33H43N3O4S/c1-6-27(4)34-33(38)31(23-28-15-8-7-9-16-28)35(24-29-17-10-13-25(2)21-29)32(37)19-12-20-36(41(5,39)40)30-18-11-14-26(3)22-30/h7-11,13-18,21-22,27,31H,6,12,19-20,23-24H2,1-5H3,(H,34,38)/t27-,31-/m1/s1. The van der Waals surface area contributed by atoms with Crippen molar-refractivity contribution in [3.63, 3.8) is 0 Å². The maximum Gasteiger partial charge on any atom is 0.243 e. The summed E-state index contributed by atoms with van der Waals surface area (Å²) in [5.41, 5.74) is 4.49. The lowest BCUT2D eigenvalue weighted by Crippen LogP contribution is -2.52. The molecule has 2 amide bonds. The quantitative estimate of drug-likeness (QED) is 0.278. The average molecular weight is 578 g/mol. The van der Waals surface area contributed by atoms with E-state index in [1.54, 1.807) is 11.0 Å². The minimum atomic E-state index is -3.55. The van der Waals surface area contributed by atoms with E-state index in [0.717, 1.165) is 28.7 Å². The van der Waals surface area contributed by atoms with Gasteiger partial charge in [0, 0.05) is 32.0 Å². The highest BCUT2D eigenvalue weighted by Crippen LogP contribution is 2.21. The van der Waals surface area contributed by atoms with E-state index in [1.165, 1.54) is 10.6 Å². The molecule has 0 aliphatic heterocycles. The van der Waals surface area contributed by atoms with E-state index in [1.807, 2.05) is 100 Å². The van der Waals surface area contributed by atoms with Crippen molar-refractivity contribution in [2.24, 2.45) is 0 Å². The summed E-state index contributed by atoms with van der Waals surface area (Å²) in [4.78, 5) is 29.2. The Morgan fingerprint density at radius 1 is 0.878 bits per heavy atom. The zero-order valence-electron chi connectivity index (χ0n) is 24.8. The van der Waals surface area contributed by atoms with Crippen LogP contribution in [0.3, 0.4) is 0 Å². The number of aryl methyl sites for hydroxylation is 2. The second-order valence-corrected chi connectivity index (χ2v) is 12.7. The molecule has 220 valence electrons. The van der Waals surface area contributed by atoms with Crippen LogP contribution in [0.4, 0.5) is 5.69 Å². The number of amides is 2. The maximum absolute atomic E-state index is 13.9. The van der Waals surface area contributed by atoms with Crippen LogP contribution in [-0.2, 0) is 32.6 Å². The second-order valence-electron chi connectivity index (χ2n) is 10.8. The van der Waals surface area contributed by atoms with Gasteiger partial charge in [-0.25, -0.2) is 8.42 Å². The Labute approximate surface area is 245 Å². The summed E-state index contributed by atoms with van der Waals surface area (Å²) < 4.78 is 26.6. The van der Waals surface area contributed by atoms with Gasteiger partial charge in [0.05, 0.1) is 11.9 Å². The molecule has 0 aliphatic rings. The van der Waals surface area contributed by atoms with Gasteiger partial charge >= 0.3 is 0 Å². The molecule has 0 unspecified atom stereocenters. The molecule has 3 rings (SSSR count). The van der Waals surface area contributed by atoms with Crippen LogP contribution in [0.1, 0.15) is 55.4 Å². The van der Waals surface area contributed by atoms with Crippen molar-refractivity contribution < 1.29 is 18.0 Å². The molecule has 0 aromatic heterocycles. The number of carbonyl (C=O) groups is 2. The van der Waals surface area contributed by atoms with Gasteiger partial charge < -0.3 is 10.2 Å². The Morgan fingerprint density at radius 3 is 2.12 bits per heavy atom. The molecule has 3 aromatic carbocycles. The zero-order valence-corrected chi connectivity index (χ0v) is 25.7. The molecule has 3 aromatic rings. The Balaban J connectivity index is 1.89. The van der Waals surface area contributed by atoms with Gasteiger partial charge in [-0.2, -0.15) is 0 Å². The predicted molar refractivity (Wildman–Crippen MR) is 166 cm³/mol. The highest BCUT2D eigenvalue weighted by Gasteiger charge is 2.31. The summed E-state index contributed by atoms with van der Waals surface area (Å²) in [6.45, 7) is 8.31. The van der Waals surface area contributed by atoms with Crippen molar-refractivity contribution in [2.45, 2.75) is 72.0 Å². The van der Waals surface area contributed by atoms with Crippen LogP contribution in [0.5, 0.6) is 0 Å². The second kappa shape index (κ2) is 14.8. The minimum Gasteiger partial charge on any atom is -0.352 e. The molecule has 0 heterocycles. The fraction of sp³-hybridized carbons (Fsp3) is 0.394. The Bertz CT molecular complexity index is 1410. The summed E-state index contributed by atoms with van der Waals surface area (Å²) in [7, 11) is -3.55. The van der Waals surface area contributed by atoms with Gasteiger partial charge in [0.25, 0.3) is 0 Å². The molecule has 1 N–H and O–H groups in total. The monoisotopic (exact) mass is 577 g/mol. The van der Waals surface area contributed by atoms with Crippen LogP contribution in [0.25, 0.3) is 0 Å². The zero-order chi connectivity index (χ0) is 30.0. The maximum atomic E-state index is 13.9. The van der Waals surface area contributed by atoms with E-state index >= 15 is 0 Å². The molecule has 2 atom stereocenters. The Morgan fingerprint density at radius 2 is 1.51 bits per heavy atom. The summed E-state index contributed by atoms with van der Waals surface area (Å²) >= 11 is 0. The highest BCUT2D eigenvalue weighted by atomic mass is 32.2. The van der Waals surface area contributed by atoms with Gasteiger partial charge in [-0.1, -0.05) is 79.2 Å². The van der Waals surface area contributed by atoms with E-state index < -0.39 is 16.1 Å². The van der Waals surface area contributed by atoms with Crippen molar-refractivity contribution in [2.75, 3.05) is 17.1 Å². The van der Waals surface area contributed by atoms with E-state index in [2.05, 4.69) is 5.32 Å². The Hall–Kier alpha value is -3.65. The molecule has 41 heavy (non-hydrogen) atoms. The molecule has 8 heteroatoms. The smallest absolute Gasteiger partial charge is 0.243 e. The van der Waals surface area contributed by atoms with E-state index in [-0.39, 0.29) is 37.4 Å². The van der Waals surface area contributed by atoms with E-state index in [9.17, 15) is 18.0 Å². The number of hydrogen-bond donors (Lipinski definition) is 1. The van der Waals surface area contributed by atoms with Crippen LogP contribution in [-0.4, -0.2) is 50.0 Å². The normalized spacial score (nSPS) is 12.8. The third-order valence-electron chi connectivity index (χ3n) is 7.15. The van der Waals surface area contributed by atoms with Crippen molar-refractivity contribution >= 4 is 27.5 Å². The van der Waals surface area contributed by atoms with Gasteiger partial charge in [-0.15, -0.1) is 0 Å². The molecule has 0 saturated carbocycles. The molecular weight excluding hydrogens is 534 g/mol. The van der Waals surface area contributed by atoms with Gasteiger partial charge in [0.15, 0.2) is 0 Å². The number of carbonyl (C=O) groups excluding carboxylic acids is 2. The van der Waals surface area contributed by atoms with Crippen molar-refractivity contribution in [3.8, 4) is 0 Å². The highest BCUT2D eigenvalue weighted by molar-refractivity contribution is 7.92. The first kappa shape index (κ1) is 31.9. The summed E-state index contributed by atoms with van der Waals surface area (Å²) in [6.07, 6.45) is 2.74. The number of benzene rings is 3. The van der Waals surface area contributed by atoms with E-state index in [4.69, 9.17) is 0 Å². The van der Waals surface area contributed by atoms with E-state index in [0.29, 0.717) is 18.5 Å². The number of hydrogen-bond acceptors (Lipinski definition) is 4. The van der Waals surface area contributed by atoms with Crippen molar-refractivity contribution in [1.82, 2.24) is 10.2 Å². The first-order valence-corrected chi connectivity index (χ1v) is 16.1. The summed E-state index contributed by atoms with van der Waals surface area (Å²) in [6, 6.07) is 24.2. The number of anilines is 1. The van der Waals surface area contributed by atoms with Crippen molar-refractivity contribution in [1.29, 1.82) is 0 Å². The molecule has 0 fully saturated rings. The SMILES string of the molecule is CC[C@@H](C)NC(=O)[C@@H](Cc1ccccc1)N(Cc1cccc(C)c1)C(=O)CCCN(c1cccc(C)c1)S(C)(=O)=O. The molecule has 7 nitrogen and oxygen atoms in total. The molecule has 0 aliphatic carbocycles. The lowest BCUT2D eigenvalue weighted by atomic mass is 10.0. The number of nitrogens with one attached hydrogen (secondary N) is 1. The van der Waals surface area contributed by atoms with Crippen LogP contribution in [0.2, 0.25) is 0 Å². The summed E-state index contributed by atoms with van der Waals surface area (Å²) in [5.74, 6) is -0.383. The van der Waals surface area contributed by atoms with Gasteiger partial charge in [0.1, 0.15) is 6.04 Å². The molecule has 0 saturated heterocycles. The Kier molecular flexibility index (Phi) is 11.5. The number of sulfonamides is 1. The van der Waals surface area contributed by atoms with Gasteiger partial charge in [0.2, 0.25) is 21.8 Å². The predicted octanol–water partition coefficient (Wildman–Crippen LogP) is 5.40. The first-order chi connectivity index (χ1) is 19.5. The van der Waals surface area contributed by atoms with Crippen LogP contribution in [0, 0.1) is 13.8 Å². The molecular formula is C33H43N3O4S. The first-order valence-electron chi connectivity index (χ1n) is 14.2. The van der Waals surface area contributed by atoms with Gasteiger partial charge in [-0.3, -0.25) is 13.9 Å². The molecule has 0 bridgehead atoms. The van der Waals surface area contributed by atoms with Crippen LogP contribution >= 0.6 is 0 Å². The largest absolute Gasteiger partial charge is 0.352 e. The lowest BCUT2D eigenvalue weighted by molar-refractivity contribution is -0.141. The lowest BCUT2D eigenvalue weighted by Gasteiger charge is -2.33. The fourth-order valence-corrected chi connectivity index (χ4v) is 5.75.